The van der Waals surface area contributed by atoms with Crippen LogP contribution >= 0.6 is 0 Å². The zero-order valence-electron chi connectivity index (χ0n) is 13.7. The summed E-state index contributed by atoms with van der Waals surface area (Å²) in [4.78, 5) is 11.5. The van der Waals surface area contributed by atoms with Gasteiger partial charge in [0, 0.05) is 11.3 Å². The van der Waals surface area contributed by atoms with Crippen LogP contribution in [0, 0.1) is 0 Å². The lowest BCUT2D eigenvalue weighted by atomic mass is 10.1. The molecule has 0 aliphatic heterocycles. The maximum absolute atomic E-state index is 11.3. The number of aromatic amines is 1. The number of nitrogens with zero attached hydrogens (tertiary/aromatic N) is 2. The lowest BCUT2D eigenvalue weighted by molar-refractivity contribution is 0.592. The first-order valence-corrected chi connectivity index (χ1v) is 9.60. The van der Waals surface area contributed by atoms with Crippen LogP contribution in [-0.2, 0) is 10.0 Å². The molecule has 2 aromatic carbocycles. The third kappa shape index (κ3) is 3.52. The summed E-state index contributed by atoms with van der Waals surface area (Å²) in [5.74, 6) is 0.606. The molecule has 0 radical (unpaired) electrons. The molecule has 3 N–H and O–H groups in total. The van der Waals surface area contributed by atoms with Crippen molar-refractivity contribution < 1.29 is 12.8 Å². The Morgan fingerprint density at radius 1 is 1.08 bits per heavy atom. The lowest BCUT2D eigenvalue weighted by Gasteiger charge is -2.06. The van der Waals surface area contributed by atoms with E-state index in [1.807, 2.05) is 18.2 Å². The van der Waals surface area contributed by atoms with E-state index in [4.69, 9.17) is 4.42 Å². The second-order valence-electron chi connectivity index (χ2n) is 5.74. The summed E-state index contributed by atoms with van der Waals surface area (Å²) >= 11 is 0. The monoisotopic (exact) mass is 369 g/mol. The first-order valence-electron chi connectivity index (χ1n) is 7.70. The van der Waals surface area contributed by atoms with E-state index in [1.165, 1.54) is 0 Å². The molecule has 0 bridgehead atoms. The van der Waals surface area contributed by atoms with E-state index in [0.717, 1.165) is 22.9 Å². The molecule has 0 fully saturated rings. The van der Waals surface area contributed by atoms with Gasteiger partial charge in [0.1, 0.15) is 0 Å². The minimum atomic E-state index is -3.34. The Balaban J connectivity index is 1.56. The molecular formula is C17H15N5O3S. The third-order valence-electron chi connectivity index (χ3n) is 3.63. The fourth-order valence-electron chi connectivity index (χ4n) is 2.55. The van der Waals surface area contributed by atoms with Crippen LogP contribution in [0.4, 0.5) is 17.4 Å². The Labute approximate surface area is 149 Å². The highest BCUT2D eigenvalue weighted by Crippen LogP contribution is 2.27. The fourth-order valence-corrected chi connectivity index (χ4v) is 3.11. The molecule has 4 rings (SSSR count). The van der Waals surface area contributed by atoms with Crippen LogP contribution in [0.15, 0.2) is 59.4 Å². The second-order valence-corrected chi connectivity index (χ2v) is 7.49. The van der Waals surface area contributed by atoms with Crippen LogP contribution in [0.1, 0.15) is 0 Å². The van der Waals surface area contributed by atoms with E-state index in [-0.39, 0.29) is 0 Å². The number of hydrogen-bond donors (Lipinski definition) is 3. The van der Waals surface area contributed by atoms with Crippen molar-refractivity contribution in [2.24, 2.45) is 0 Å². The summed E-state index contributed by atoms with van der Waals surface area (Å²) in [5.41, 5.74) is 3.76. The lowest BCUT2D eigenvalue weighted by Crippen LogP contribution is -2.09. The van der Waals surface area contributed by atoms with Crippen molar-refractivity contribution in [2.45, 2.75) is 0 Å². The molecule has 2 aromatic heterocycles. The first-order chi connectivity index (χ1) is 12.5. The molecule has 8 nitrogen and oxygen atoms in total. The Morgan fingerprint density at radius 2 is 1.92 bits per heavy atom. The Morgan fingerprint density at radius 3 is 2.77 bits per heavy atom. The maximum Gasteiger partial charge on any atom is 0.299 e. The van der Waals surface area contributed by atoms with Crippen LogP contribution in [0.5, 0.6) is 0 Å². The molecule has 9 heteroatoms. The molecule has 2 heterocycles. The first kappa shape index (κ1) is 16.2. The summed E-state index contributed by atoms with van der Waals surface area (Å²) in [6.45, 7) is 0. The van der Waals surface area contributed by atoms with Gasteiger partial charge in [-0.25, -0.2) is 18.4 Å². The normalized spacial score (nSPS) is 11.6. The number of oxazole rings is 1. The van der Waals surface area contributed by atoms with Crippen molar-refractivity contribution in [1.82, 2.24) is 15.0 Å². The largest absolute Gasteiger partial charge is 0.423 e. The van der Waals surface area contributed by atoms with Gasteiger partial charge in [0.25, 0.3) is 6.01 Å². The van der Waals surface area contributed by atoms with Crippen molar-refractivity contribution >= 4 is 38.4 Å². The predicted octanol–water partition coefficient (Wildman–Crippen LogP) is 3.33. The summed E-state index contributed by atoms with van der Waals surface area (Å²) in [6.07, 6.45) is 4.36. The van der Waals surface area contributed by atoms with Crippen molar-refractivity contribution in [1.29, 1.82) is 0 Å². The molecule has 0 spiro atoms. The van der Waals surface area contributed by atoms with Gasteiger partial charge in [-0.3, -0.25) is 4.72 Å². The number of nitrogens with one attached hydrogen (secondary N) is 3. The Hall–Kier alpha value is -3.33. The zero-order valence-corrected chi connectivity index (χ0v) is 14.5. The smallest absolute Gasteiger partial charge is 0.299 e. The van der Waals surface area contributed by atoms with Crippen LogP contribution in [0.2, 0.25) is 0 Å². The van der Waals surface area contributed by atoms with E-state index >= 15 is 0 Å². The van der Waals surface area contributed by atoms with E-state index in [0.29, 0.717) is 23.1 Å². The number of aromatic nitrogens is 3. The van der Waals surface area contributed by atoms with Crippen molar-refractivity contribution in [3.8, 4) is 11.3 Å². The molecule has 0 saturated heterocycles. The number of fused-ring (bicyclic) bond motifs is 1. The standard InChI is InChI=1S/C17H15N5O3S/c1-26(23,24)22-13-4-2-3-12(8-13)21-17-18-9-16(25-17)11-5-6-14-15(7-11)20-10-19-14/h2-10,22H,1H3,(H,18,21)(H,19,20). The minimum Gasteiger partial charge on any atom is -0.423 e. The number of H-pyrrole nitrogens is 1. The highest BCUT2D eigenvalue weighted by molar-refractivity contribution is 7.92. The number of benzene rings is 2. The van der Waals surface area contributed by atoms with Gasteiger partial charge < -0.3 is 14.7 Å². The number of sulfonamides is 1. The average Bonchev–Trinajstić information content (AvgIpc) is 3.21. The van der Waals surface area contributed by atoms with Crippen LogP contribution in [0.25, 0.3) is 22.4 Å². The van der Waals surface area contributed by atoms with E-state index in [2.05, 4.69) is 25.0 Å². The maximum atomic E-state index is 11.3. The third-order valence-corrected chi connectivity index (χ3v) is 4.23. The molecule has 0 aliphatic carbocycles. The van der Waals surface area contributed by atoms with Crippen molar-refractivity contribution in [2.75, 3.05) is 16.3 Å². The second kappa shape index (κ2) is 6.19. The zero-order chi connectivity index (χ0) is 18.1. The number of anilines is 3. The summed E-state index contributed by atoms with van der Waals surface area (Å²) in [5, 5.41) is 3.02. The predicted molar refractivity (Wildman–Crippen MR) is 99.8 cm³/mol. The van der Waals surface area contributed by atoms with E-state index in [9.17, 15) is 8.42 Å². The van der Waals surface area contributed by atoms with Gasteiger partial charge >= 0.3 is 0 Å². The van der Waals surface area contributed by atoms with Gasteiger partial charge in [-0.2, -0.15) is 0 Å². The molecular weight excluding hydrogens is 354 g/mol. The van der Waals surface area contributed by atoms with Gasteiger partial charge in [0.15, 0.2) is 5.76 Å². The molecule has 26 heavy (non-hydrogen) atoms. The highest BCUT2D eigenvalue weighted by Gasteiger charge is 2.09. The number of hydrogen-bond acceptors (Lipinski definition) is 6. The van der Waals surface area contributed by atoms with Crippen molar-refractivity contribution in [3.05, 3.63) is 55.0 Å². The van der Waals surface area contributed by atoms with Gasteiger partial charge in [-0.05, 0) is 36.4 Å². The van der Waals surface area contributed by atoms with Gasteiger partial charge in [-0.15, -0.1) is 0 Å². The average molecular weight is 369 g/mol. The molecule has 0 saturated carbocycles. The molecule has 0 unspecified atom stereocenters. The Bertz CT molecular complexity index is 1180. The van der Waals surface area contributed by atoms with Crippen LogP contribution in [0.3, 0.4) is 0 Å². The number of imidazole rings is 1. The van der Waals surface area contributed by atoms with Gasteiger partial charge in [0.2, 0.25) is 10.0 Å². The molecule has 4 aromatic rings. The molecule has 132 valence electrons. The van der Waals surface area contributed by atoms with Gasteiger partial charge in [0.05, 0.1) is 35.5 Å². The molecule has 0 amide bonds. The Kier molecular flexibility index (Phi) is 3.85. The molecule has 0 aliphatic rings. The van der Waals surface area contributed by atoms with E-state index in [1.54, 1.807) is 36.8 Å². The van der Waals surface area contributed by atoms with Crippen molar-refractivity contribution in [3.63, 3.8) is 0 Å². The fraction of sp³-hybridized carbons (Fsp3) is 0.0588. The summed E-state index contributed by atoms with van der Waals surface area (Å²) in [7, 11) is -3.34. The quantitative estimate of drug-likeness (QED) is 0.497. The van der Waals surface area contributed by atoms with Crippen LogP contribution in [-0.4, -0.2) is 29.6 Å². The van der Waals surface area contributed by atoms with E-state index < -0.39 is 10.0 Å². The topological polar surface area (TPSA) is 113 Å². The highest BCUT2D eigenvalue weighted by atomic mass is 32.2. The molecule has 0 atom stereocenters. The number of rotatable bonds is 5. The van der Waals surface area contributed by atoms with Gasteiger partial charge in [-0.1, -0.05) is 6.07 Å². The summed E-state index contributed by atoms with van der Waals surface area (Å²) in [6, 6.07) is 12.9. The summed E-state index contributed by atoms with van der Waals surface area (Å²) < 4.78 is 30.8. The SMILES string of the molecule is CS(=O)(=O)Nc1cccc(Nc2ncc(-c3ccc4nc[nH]c4c3)o2)c1. The minimum absolute atomic E-state index is 0.307. The van der Waals surface area contributed by atoms with Crippen LogP contribution < -0.4 is 10.0 Å².